The largest absolute Gasteiger partial charge is 0.362 e. The van der Waals surface area contributed by atoms with E-state index >= 15 is 0 Å². The van der Waals surface area contributed by atoms with Crippen LogP contribution in [0.1, 0.15) is 24.1 Å². The van der Waals surface area contributed by atoms with Crippen molar-refractivity contribution in [2.24, 2.45) is 0 Å². The number of halogens is 1. The van der Waals surface area contributed by atoms with Crippen molar-refractivity contribution in [3.8, 4) is 0 Å². The van der Waals surface area contributed by atoms with E-state index in [1.165, 1.54) is 21.3 Å². The molecule has 0 aromatic heterocycles. The zero-order chi connectivity index (χ0) is 14.8. The van der Waals surface area contributed by atoms with Gasteiger partial charge in [-0.05, 0) is 43.2 Å². The molecule has 2 aromatic rings. The summed E-state index contributed by atoms with van der Waals surface area (Å²) in [6.45, 7) is 6.41. The summed E-state index contributed by atoms with van der Waals surface area (Å²) < 4.78 is 1.17. The molecule has 1 saturated heterocycles. The molecule has 2 unspecified atom stereocenters. The molecule has 0 saturated carbocycles. The fourth-order valence-electron chi connectivity index (χ4n) is 2.98. The number of anilines is 1. The quantitative estimate of drug-likeness (QED) is 0.873. The van der Waals surface area contributed by atoms with E-state index in [1.807, 2.05) is 0 Å². The van der Waals surface area contributed by atoms with Crippen LogP contribution in [0.5, 0.6) is 0 Å². The Morgan fingerprint density at radius 2 is 1.90 bits per heavy atom. The lowest BCUT2D eigenvalue weighted by Gasteiger charge is -2.41. The molecular weight excluding hydrogens is 324 g/mol. The molecule has 0 amide bonds. The molecule has 1 aliphatic rings. The van der Waals surface area contributed by atoms with Crippen LogP contribution in [0.15, 0.2) is 53.0 Å². The first-order valence-corrected chi connectivity index (χ1v) is 8.25. The van der Waals surface area contributed by atoms with E-state index in [9.17, 15) is 0 Å². The predicted octanol–water partition coefficient (Wildman–Crippen LogP) is 4.30. The van der Waals surface area contributed by atoms with Crippen molar-refractivity contribution < 1.29 is 0 Å². The molecule has 0 spiro atoms. The molecule has 1 aliphatic heterocycles. The molecule has 1 N–H and O–H groups in total. The number of rotatable bonds is 2. The number of piperazine rings is 1. The fraction of sp³-hybridized carbons (Fsp3) is 0.333. The van der Waals surface area contributed by atoms with E-state index in [1.54, 1.807) is 0 Å². The first-order chi connectivity index (χ1) is 10.1. The average molecular weight is 345 g/mol. The summed E-state index contributed by atoms with van der Waals surface area (Å²) in [5.74, 6) is 0. The molecule has 1 heterocycles. The van der Waals surface area contributed by atoms with Crippen molar-refractivity contribution >= 4 is 21.6 Å². The van der Waals surface area contributed by atoms with Crippen molar-refractivity contribution in [3.63, 3.8) is 0 Å². The molecule has 3 rings (SSSR count). The summed E-state index contributed by atoms with van der Waals surface area (Å²) in [6, 6.07) is 18.3. The van der Waals surface area contributed by atoms with Crippen LogP contribution in [0, 0.1) is 6.92 Å². The van der Waals surface area contributed by atoms with Gasteiger partial charge in [0.15, 0.2) is 0 Å². The smallest absolute Gasteiger partial charge is 0.0667 e. The van der Waals surface area contributed by atoms with Crippen molar-refractivity contribution in [2.45, 2.75) is 25.9 Å². The molecule has 0 bridgehead atoms. The van der Waals surface area contributed by atoms with Crippen LogP contribution in [0.2, 0.25) is 0 Å². The summed E-state index contributed by atoms with van der Waals surface area (Å²) in [6.07, 6.45) is 0. The third-order valence-electron chi connectivity index (χ3n) is 4.16. The Balaban J connectivity index is 1.96. The van der Waals surface area contributed by atoms with Gasteiger partial charge in [-0.15, -0.1) is 0 Å². The molecule has 3 heteroatoms. The highest BCUT2D eigenvalue weighted by atomic mass is 79.9. The van der Waals surface area contributed by atoms with Crippen LogP contribution >= 0.6 is 15.9 Å². The van der Waals surface area contributed by atoms with E-state index in [-0.39, 0.29) is 0 Å². The van der Waals surface area contributed by atoms with Gasteiger partial charge in [-0.1, -0.05) is 46.3 Å². The van der Waals surface area contributed by atoms with Gasteiger partial charge in [0.05, 0.1) is 6.04 Å². The predicted molar refractivity (Wildman–Crippen MR) is 92.9 cm³/mol. The summed E-state index contributed by atoms with van der Waals surface area (Å²) in [7, 11) is 0. The summed E-state index contributed by atoms with van der Waals surface area (Å²) in [5.41, 5.74) is 3.96. The normalized spacial score (nSPS) is 22.3. The van der Waals surface area contributed by atoms with E-state index in [0.717, 1.165) is 13.1 Å². The van der Waals surface area contributed by atoms with E-state index < -0.39 is 0 Å². The third-order valence-corrected chi connectivity index (χ3v) is 5.05. The van der Waals surface area contributed by atoms with Gasteiger partial charge in [0.25, 0.3) is 0 Å². The van der Waals surface area contributed by atoms with E-state index in [4.69, 9.17) is 0 Å². The number of hydrogen-bond donors (Lipinski definition) is 1. The maximum Gasteiger partial charge on any atom is 0.0667 e. The van der Waals surface area contributed by atoms with Crippen LogP contribution in [0.3, 0.4) is 0 Å². The highest BCUT2D eigenvalue weighted by Gasteiger charge is 2.27. The van der Waals surface area contributed by atoms with Crippen molar-refractivity contribution in [2.75, 3.05) is 18.0 Å². The number of nitrogens with zero attached hydrogens (tertiary/aromatic N) is 1. The minimum atomic E-state index is 0.392. The molecule has 0 radical (unpaired) electrons. The molecule has 1 fully saturated rings. The van der Waals surface area contributed by atoms with Gasteiger partial charge in [-0.25, -0.2) is 0 Å². The van der Waals surface area contributed by atoms with E-state index in [0.29, 0.717) is 12.1 Å². The van der Waals surface area contributed by atoms with Crippen LogP contribution in [-0.4, -0.2) is 19.1 Å². The molecular formula is C18H21BrN2. The zero-order valence-electron chi connectivity index (χ0n) is 12.5. The van der Waals surface area contributed by atoms with Crippen LogP contribution in [-0.2, 0) is 0 Å². The molecule has 2 aromatic carbocycles. The molecule has 2 atom stereocenters. The number of aryl methyl sites for hydroxylation is 1. The number of hydrogen-bond acceptors (Lipinski definition) is 2. The minimum absolute atomic E-state index is 0.392. The van der Waals surface area contributed by atoms with Crippen molar-refractivity contribution in [1.29, 1.82) is 0 Å². The van der Waals surface area contributed by atoms with Crippen LogP contribution in [0.4, 0.5) is 5.69 Å². The Bertz CT molecular complexity index is 612. The number of benzene rings is 2. The molecule has 110 valence electrons. The van der Waals surface area contributed by atoms with Gasteiger partial charge in [0.2, 0.25) is 0 Å². The lowest BCUT2D eigenvalue weighted by molar-refractivity contribution is 0.416. The second-order valence-corrected chi connectivity index (χ2v) is 6.68. The number of nitrogens with one attached hydrogen (secondary N) is 1. The Hall–Kier alpha value is -1.32. The van der Waals surface area contributed by atoms with Gasteiger partial charge < -0.3 is 10.2 Å². The average Bonchev–Trinajstić information content (AvgIpc) is 2.51. The van der Waals surface area contributed by atoms with Gasteiger partial charge in [0, 0.05) is 29.3 Å². The first-order valence-electron chi connectivity index (χ1n) is 7.46. The summed E-state index contributed by atoms with van der Waals surface area (Å²) in [5, 5.41) is 3.61. The second kappa shape index (κ2) is 6.20. The summed E-state index contributed by atoms with van der Waals surface area (Å²) >= 11 is 3.59. The Kier molecular flexibility index (Phi) is 4.32. The van der Waals surface area contributed by atoms with Crippen LogP contribution < -0.4 is 10.2 Å². The Morgan fingerprint density at radius 3 is 2.62 bits per heavy atom. The Labute approximate surface area is 135 Å². The van der Waals surface area contributed by atoms with E-state index in [2.05, 4.69) is 88.5 Å². The highest BCUT2D eigenvalue weighted by molar-refractivity contribution is 9.10. The lowest BCUT2D eigenvalue weighted by atomic mass is 10.00. The first kappa shape index (κ1) is 14.6. The standard InChI is InChI=1S/C18H21BrN2/c1-13-10-16(8-9-17(13)19)21-12-14(2)20-11-18(21)15-6-4-3-5-7-15/h3-10,14,18,20H,11-12H2,1-2H3. The highest BCUT2D eigenvalue weighted by Crippen LogP contribution is 2.31. The third kappa shape index (κ3) is 3.14. The molecule has 21 heavy (non-hydrogen) atoms. The van der Waals surface area contributed by atoms with Gasteiger partial charge in [-0.2, -0.15) is 0 Å². The second-order valence-electron chi connectivity index (χ2n) is 5.82. The van der Waals surface area contributed by atoms with Gasteiger partial charge in [0.1, 0.15) is 0 Å². The molecule has 2 nitrogen and oxygen atoms in total. The maximum atomic E-state index is 3.61. The maximum absolute atomic E-state index is 3.61. The van der Waals surface area contributed by atoms with Crippen molar-refractivity contribution in [1.82, 2.24) is 5.32 Å². The SMILES string of the molecule is Cc1cc(N2CC(C)NCC2c2ccccc2)ccc1Br. The van der Waals surface area contributed by atoms with Crippen molar-refractivity contribution in [3.05, 3.63) is 64.1 Å². The van der Waals surface area contributed by atoms with Crippen LogP contribution in [0.25, 0.3) is 0 Å². The Morgan fingerprint density at radius 1 is 1.14 bits per heavy atom. The fourth-order valence-corrected chi connectivity index (χ4v) is 3.22. The van der Waals surface area contributed by atoms with Gasteiger partial charge in [-0.3, -0.25) is 0 Å². The molecule has 0 aliphatic carbocycles. The minimum Gasteiger partial charge on any atom is -0.362 e. The summed E-state index contributed by atoms with van der Waals surface area (Å²) in [4.78, 5) is 2.52. The lowest BCUT2D eigenvalue weighted by Crippen LogP contribution is -2.51. The topological polar surface area (TPSA) is 15.3 Å². The monoisotopic (exact) mass is 344 g/mol. The zero-order valence-corrected chi connectivity index (χ0v) is 14.1. The van der Waals surface area contributed by atoms with Gasteiger partial charge >= 0.3 is 0 Å².